The molecule has 6 nitrogen and oxygen atoms in total. The van der Waals surface area contributed by atoms with E-state index in [0.29, 0.717) is 0 Å². The fourth-order valence-corrected chi connectivity index (χ4v) is 8.19. The lowest BCUT2D eigenvalue weighted by Gasteiger charge is -2.40. The SMILES string of the molecule is c1ccc(-c2cccc3c4ccccc4n(C4NC(c5ccccc5)NC(c5ccc6c(c5)oc5c6ccc6c7ccccc7oc65)N4)c23)cc1. The van der Waals surface area contributed by atoms with Gasteiger partial charge < -0.3 is 13.4 Å². The van der Waals surface area contributed by atoms with Crippen LogP contribution in [0.15, 0.2) is 167 Å². The summed E-state index contributed by atoms with van der Waals surface area (Å²) in [6.45, 7) is 0. The number of hydrogen-bond donors (Lipinski definition) is 3. The first kappa shape index (κ1) is 28.6. The van der Waals surface area contributed by atoms with Gasteiger partial charge >= 0.3 is 0 Å². The van der Waals surface area contributed by atoms with Crippen LogP contribution >= 0.6 is 0 Å². The molecule has 11 rings (SSSR count). The lowest BCUT2D eigenvalue weighted by atomic mass is 10.0. The number of hydrogen-bond acceptors (Lipinski definition) is 5. The van der Waals surface area contributed by atoms with Gasteiger partial charge in [0.15, 0.2) is 11.2 Å². The molecule has 244 valence electrons. The molecular formula is C45H32N4O2. The number of nitrogens with one attached hydrogen (secondary N) is 3. The zero-order valence-electron chi connectivity index (χ0n) is 27.5. The highest BCUT2D eigenvalue weighted by molar-refractivity contribution is 6.19. The first-order chi connectivity index (χ1) is 25.3. The maximum absolute atomic E-state index is 6.65. The van der Waals surface area contributed by atoms with Gasteiger partial charge in [-0.25, -0.2) is 0 Å². The van der Waals surface area contributed by atoms with E-state index >= 15 is 0 Å². The molecule has 51 heavy (non-hydrogen) atoms. The lowest BCUT2D eigenvalue weighted by Crippen LogP contribution is -2.56. The molecule has 1 fully saturated rings. The molecule has 0 amide bonds. The summed E-state index contributed by atoms with van der Waals surface area (Å²) in [7, 11) is 0. The van der Waals surface area contributed by atoms with E-state index < -0.39 is 0 Å². The maximum atomic E-state index is 6.65. The summed E-state index contributed by atoms with van der Waals surface area (Å²) >= 11 is 0. The average molecular weight is 661 g/mol. The molecular weight excluding hydrogens is 629 g/mol. The fourth-order valence-electron chi connectivity index (χ4n) is 8.19. The Hall–Kier alpha value is -6.18. The Balaban J connectivity index is 1.08. The highest BCUT2D eigenvalue weighted by Crippen LogP contribution is 2.41. The van der Waals surface area contributed by atoms with Gasteiger partial charge in [-0.05, 0) is 47.0 Å². The van der Waals surface area contributed by atoms with Gasteiger partial charge in [-0.3, -0.25) is 16.0 Å². The minimum atomic E-state index is -0.254. The van der Waals surface area contributed by atoms with Crippen molar-refractivity contribution < 1.29 is 8.83 Å². The molecule has 4 heterocycles. The van der Waals surface area contributed by atoms with Crippen molar-refractivity contribution in [3.05, 3.63) is 169 Å². The lowest BCUT2D eigenvalue weighted by molar-refractivity contribution is 0.161. The van der Waals surface area contributed by atoms with E-state index in [1.165, 1.54) is 27.4 Å². The Morgan fingerprint density at radius 3 is 1.84 bits per heavy atom. The molecule has 3 atom stereocenters. The normalized spacial score (nSPS) is 18.2. The van der Waals surface area contributed by atoms with Crippen molar-refractivity contribution in [1.29, 1.82) is 0 Å². The van der Waals surface area contributed by atoms with Crippen molar-refractivity contribution in [2.24, 2.45) is 0 Å². The van der Waals surface area contributed by atoms with Gasteiger partial charge in [0.25, 0.3) is 0 Å². The van der Waals surface area contributed by atoms with E-state index in [1.807, 2.05) is 18.2 Å². The number of aromatic nitrogens is 1. The Bertz CT molecular complexity index is 2920. The topological polar surface area (TPSA) is 67.3 Å². The third-order valence-electron chi connectivity index (χ3n) is 10.5. The van der Waals surface area contributed by atoms with Crippen LogP contribution in [-0.2, 0) is 0 Å². The molecule has 0 spiro atoms. The summed E-state index contributed by atoms with van der Waals surface area (Å²) < 4.78 is 15.4. The number of para-hydroxylation sites is 3. The third-order valence-corrected chi connectivity index (χ3v) is 10.5. The van der Waals surface area contributed by atoms with Gasteiger partial charge in [0.1, 0.15) is 17.5 Å². The summed E-state index contributed by atoms with van der Waals surface area (Å²) in [5, 5.41) is 18.5. The monoisotopic (exact) mass is 660 g/mol. The van der Waals surface area contributed by atoms with Crippen molar-refractivity contribution in [2.75, 3.05) is 0 Å². The second-order valence-electron chi connectivity index (χ2n) is 13.4. The van der Waals surface area contributed by atoms with Gasteiger partial charge in [-0.15, -0.1) is 0 Å². The second-order valence-corrected chi connectivity index (χ2v) is 13.4. The summed E-state index contributed by atoms with van der Waals surface area (Å²) in [5.41, 5.74) is 10.2. The number of fused-ring (bicyclic) bond motifs is 10. The van der Waals surface area contributed by atoms with Crippen molar-refractivity contribution in [1.82, 2.24) is 20.5 Å². The van der Waals surface area contributed by atoms with Crippen molar-refractivity contribution in [2.45, 2.75) is 18.6 Å². The predicted molar refractivity (Wildman–Crippen MR) is 206 cm³/mol. The number of benzene rings is 7. The molecule has 0 aliphatic carbocycles. The fraction of sp³-hybridized carbons (Fsp3) is 0.0667. The van der Waals surface area contributed by atoms with Crippen molar-refractivity contribution in [3.8, 4) is 11.1 Å². The van der Waals surface area contributed by atoms with E-state index in [4.69, 9.17) is 8.83 Å². The number of rotatable bonds is 4. The first-order valence-corrected chi connectivity index (χ1v) is 17.5. The molecule has 6 heteroatoms. The highest BCUT2D eigenvalue weighted by Gasteiger charge is 2.32. The number of furan rings is 2. The van der Waals surface area contributed by atoms with Gasteiger partial charge in [0, 0.05) is 37.9 Å². The van der Waals surface area contributed by atoms with Crippen LogP contribution in [0.2, 0.25) is 0 Å². The minimum Gasteiger partial charge on any atom is -0.452 e. The van der Waals surface area contributed by atoms with Crippen molar-refractivity contribution >= 4 is 65.7 Å². The Morgan fingerprint density at radius 2 is 1.04 bits per heavy atom. The molecule has 3 aromatic heterocycles. The molecule has 0 bridgehead atoms. The van der Waals surface area contributed by atoms with Crippen LogP contribution in [-0.4, -0.2) is 4.57 Å². The first-order valence-electron chi connectivity index (χ1n) is 17.5. The van der Waals surface area contributed by atoms with E-state index in [9.17, 15) is 0 Å². The average Bonchev–Trinajstić information content (AvgIpc) is 3.88. The summed E-state index contributed by atoms with van der Waals surface area (Å²) in [4.78, 5) is 0. The van der Waals surface area contributed by atoms with Crippen LogP contribution in [0.3, 0.4) is 0 Å². The van der Waals surface area contributed by atoms with Crippen LogP contribution in [0.5, 0.6) is 0 Å². The molecule has 0 radical (unpaired) electrons. The summed E-state index contributed by atoms with van der Waals surface area (Å²) in [6.07, 6.45) is -0.593. The van der Waals surface area contributed by atoms with Crippen molar-refractivity contribution in [3.63, 3.8) is 0 Å². The quantitative estimate of drug-likeness (QED) is 0.175. The maximum Gasteiger partial charge on any atom is 0.178 e. The standard InChI is InChI=1S/C45H32N4O2/c1-3-12-27(13-4-1)30-18-11-19-34-31-16-7-9-20-37(31)49(40(30)34)45-47-43(28-14-5-2-6-15-28)46-44(48-45)29-22-23-33-36-25-24-35-32-17-8-10-21-38(32)50-41(35)42(36)51-39(33)26-29/h1-26,43-48H. The highest BCUT2D eigenvalue weighted by atomic mass is 16.4. The summed E-state index contributed by atoms with van der Waals surface area (Å²) in [6, 6.07) is 55.6. The minimum absolute atomic E-state index is 0.135. The molecule has 1 aliphatic heterocycles. The molecule has 7 aromatic carbocycles. The Morgan fingerprint density at radius 1 is 0.431 bits per heavy atom. The molecule has 1 aliphatic rings. The van der Waals surface area contributed by atoms with Crippen LogP contribution in [0.1, 0.15) is 29.7 Å². The molecule has 3 N–H and O–H groups in total. The second kappa shape index (κ2) is 11.2. The van der Waals surface area contributed by atoms with Gasteiger partial charge in [-0.1, -0.05) is 127 Å². The molecule has 3 unspecified atom stereocenters. The number of nitrogens with zero attached hydrogens (tertiary/aromatic N) is 1. The van der Waals surface area contributed by atoms with E-state index in [2.05, 4.69) is 160 Å². The Kier molecular flexibility index (Phi) is 6.27. The van der Waals surface area contributed by atoms with E-state index in [1.54, 1.807) is 0 Å². The zero-order chi connectivity index (χ0) is 33.5. The largest absolute Gasteiger partial charge is 0.452 e. The van der Waals surface area contributed by atoms with Gasteiger partial charge in [0.05, 0.1) is 23.4 Å². The van der Waals surface area contributed by atoms with Crippen LogP contribution in [0.25, 0.3) is 76.8 Å². The summed E-state index contributed by atoms with van der Waals surface area (Å²) in [5.74, 6) is 0. The van der Waals surface area contributed by atoms with Crippen LogP contribution in [0.4, 0.5) is 0 Å². The van der Waals surface area contributed by atoms with Gasteiger partial charge in [-0.2, -0.15) is 0 Å². The third kappa shape index (κ3) is 4.41. The van der Waals surface area contributed by atoms with Gasteiger partial charge in [0.2, 0.25) is 0 Å². The Labute approximate surface area is 292 Å². The van der Waals surface area contributed by atoms with E-state index in [0.717, 1.165) is 60.5 Å². The van der Waals surface area contributed by atoms with Crippen LogP contribution < -0.4 is 16.0 Å². The zero-order valence-corrected chi connectivity index (χ0v) is 27.5. The van der Waals surface area contributed by atoms with E-state index in [-0.39, 0.29) is 18.6 Å². The molecule has 0 saturated carbocycles. The predicted octanol–water partition coefficient (Wildman–Crippen LogP) is 10.9. The molecule has 1 saturated heterocycles. The smallest absolute Gasteiger partial charge is 0.178 e. The molecule has 10 aromatic rings. The van der Waals surface area contributed by atoms with Crippen LogP contribution in [0, 0.1) is 0 Å².